The van der Waals surface area contributed by atoms with Crippen LogP contribution in [0.25, 0.3) is 0 Å². The second-order valence-electron chi connectivity index (χ2n) is 6.04. The van der Waals surface area contributed by atoms with Gasteiger partial charge in [-0.3, -0.25) is 0 Å². The third-order valence-electron chi connectivity index (χ3n) is 1.74. The molecule has 0 unspecified atom stereocenters. The summed E-state index contributed by atoms with van der Waals surface area (Å²) in [5.41, 5.74) is 0.274. The van der Waals surface area contributed by atoms with Gasteiger partial charge in [-0.05, 0) is 39.3 Å². The van der Waals surface area contributed by atoms with Gasteiger partial charge < -0.3 is 13.6 Å². The quantitative estimate of drug-likeness (QED) is 0.309. The highest BCUT2D eigenvalue weighted by molar-refractivity contribution is 6.70. The van der Waals surface area contributed by atoms with Crippen molar-refractivity contribution in [3.05, 3.63) is 12.2 Å². The molecular weight excluding hydrogens is 280 g/mol. The van der Waals surface area contributed by atoms with E-state index in [1.165, 1.54) is 0 Å². The van der Waals surface area contributed by atoms with E-state index in [1.54, 1.807) is 0 Å². The van der Waals surface area contributed by atoms with E-state index >= 15 is 0 Å². The molecule has 7 heteroatoms. The molecule has 0 bridgehead atoms. The molecule has 0 atom stereocenters. The first-order chi connectivity index (χ1) is 7.96. The van der Waals surface area contributed by atoms with Crippen molar-refractivity contribution in [3.8, 4) is 0 Å². The van der Waals surface area contributed by atoms with Crippen molar-refractivity contribution in [1.82, 2.24) is 0 Å². The SMILES string of the molecule is C=C(C(=O)OC[SiH3])C(O[Si](C)(C)C)O[Si](C)(C)C. The Kier molecular flexibility index (Phi) is 6.72. The van der Waals surface area contributed by atoms with Gasteiger partial charge in [-0.15, -0.1) is 0 Å². The van der Waals surface area contributed by atoms with Crippen LogP contribution in [0.5, 0.6) is 0 Å². The minimum Gasteiger partial charge on any atom is -0.467 e. The zero-order valence-corrected chi connectivity index (χ0v) is 16.6. The molecule has 0 aromatic rings. The summed E-state index contributed by atoms with van der Waals surface area (Å²) in [7, 11) is -2.81. The summed E-state index contributed by atoms with van der Waals surface area (Å²) in [4.78, 5) is 11.7. The molecule has 0 N–H and O–H groups in total. The summed E-state index contributed by atoms with van der Waals surface area (Å²) in [5, 5.41) is 0. The van der Waals surface area contributed by atoms with Crippen LogP contribution in [0.4, 0.5) is 0 Å². The van der Waals surface area contributed by atoms with Gasteiger partial charge in [0.2, 0.25) is 0 Å². The van der Waals surface area contributed by atoms with Crippen LogP contribution in [0.15, 0.2) is 12.2 Å². The molecule has 0 aliphatic heterocycles. The predicted octanol–water partition coefficient (Wildman–Crippen LogP) is 1.44. The molecular formula is C11H26O4Si3. The molecule has 0 aromatic carbocycles. The van der Waals surface area contributed by atoms with Crippen molar-refractivity contribution in [2.45, 2.75) is 45.6 Å². The van der Waals surface area contributed by atoms with Crippen molar-refractivity contribution in [2.75, 3.05) is 6.23 Å². The lowest BCUT2D eigenvalue weighted by Crippen LogP contribution is -2.42. The Balaban J connectivity index is 4.86. The van der Waals surface area contributed by atoms with Crippen molar-refractivity contribution in [3.63, 3.8) is 0 Å². The summed E-state index contributed by atoms with van der Waals surface area (Å²) in [6, 6.07) is 0. The molecule has 0 rings (SSSR count). The van der Waals surface area contributed by atoms with E-state index < -0.39 is 28.9 Å². The fourth-order valence-corrected chi connectivity index (χ4v) is 3.15. The standard InChI is InChI=1S/C11H26O4Si3/c1-9(10(12)13-8-16)11(14-17(2,3)4)15-18(5,6)7/h11H,1,8H2,2-7,16H3. The highest BCUT2D eigenvalue weighted by atomic mass is 28.4. The Morgan fingerprint density at radius 1 is 1.11 bits per heavy atom. The number of esters is 1. The van der Waals surface area contributed by atoms with Crippen LogP contribution >= 0.6 is 0 Å². The van der Waals surface area contributed by atoms with Crippen LogP contribution < -0.4 is 0 Å². The zero-order chi connectivity index (χ0) is 14.6. The van der Waals surface area contributed by atoms with Gasteiger partial charge in [0.25, 0.3) is 0 Å². The van der Waals surface area contributed by atoms with Crippen molar-refractivity contribution < 1.29 is 18.4 Å². The van der Waals surface area contributed by atoms with Crippen LogP contribution in [-0.2, 0) is 18.4 Å². The van der Waals surface area contributed by atoms with E-state index in [4.69, 9.17) is 13.6 Å². The summed E-state index contributed by atoms with van der Waals surface area (Å²) < 4.78 is 16.8. The summed E-state index contributed by atoms with van der Waals surface area (Å²) >= 11 is 0. The Labute approximate surface area is 115 Å². The molecule has 0 saturated carbocycles. The van der Waals surface area contributed by atoms with Gasteiger partial charge in [0.05, 0.1) is 22.0 Å². The van der Waals surface area contributed by atoms with E-state index in [0.29, 0.717) is 6.23 Å². The monoisotopic (exact) mass is 306 g/mol. The smallest absolute Gasteiger partial charge is 0.338 e. The molecule has 0 heterocycles. The Morgan fingerprint density at radius 2 is 1.50 bits per heavy atom. The lowest BCUT2D eigenvalue weighted by atomic mass is 10.3. The first kappa shape index (κ1) is 17.8. The summed E-state index contributed by atoms with van der Waals surface area (Å²) in [6.45, 7) is 16.1. The highest BCUT2D eigenvalue weighted by Gasteiger charge is 2.31. The first-order valence-corrected chi connectivity index (χ1v) is 14.4. The van der Waals surface area contributed by atoms with Crippen LogP contribution in [0, 0.1) is 0 Å². The maximum atomic E-state index is 11.7. The van der Waals surface area contributed by atoms with Crippen molar-refractivity contribution >= 4 is 32.8 Å². The topological polar surface area (TPSA) is 44.8 Å². The molecule has 0 aromatic heterocycles. The average molecular weight is 307 g/mol. The molecule has 4 nitrogen and oxygen atoms in total. The number of hydrogen-bond donors (Lipinski definition) is 0. The lowest BCUT2D eigenvalue weighted by Gasteiger charge is -2.31. The second-order valence-corrected chi connectivity index (χ2v) is 15.5. The highest BCUT2D eigenvalue weighted by Crippen LogP contribution is 2.19. The molecule has 18 heavy (non-hydrogen) atoms. The van der Waals surface area contributed by atoms with E-state index in [1.807, 2.05) is 0 Å². The lowest BCUT2D eigenvalue weighted by molar-refractivity contribution is -0.140. The van der Waals surface area contributed by atoms with Gasteiger partial charge >= 0.3 is 5.97 Å². The minimum atomic E-state index is -1.81. The fraction of sp³-hybridized carbons (Fsp3) is 0.727. The second kappa shape index (κ2) is 6.81. The van der Waals surface area contributed by atoms with Gasteiger partial charge in [-0.25, -0.2) is 4.79 Å². The predicted molar refractivity (Wildman–Crippen MR) is 82.7 cm³/mol. The van der Waals surface area contributed by atoms with Gasteiger partial charge in [0.1, 0.15) is 0 Å². The molecule has 0 radical (unpaired) electrons. The van der Waals surface area contributed by atoms with Crippen molar-refractivity contribution in [1.29, 1.82) is 0 Å². The molecule has 0 fully saturated rings. The van der Waals surface area contributed by atoms with Crippen LogP contribution in [0.3, 0.4) is 0 Å². The van der Waals surface area contributed by atoms with Crippen LogP contribution in [0.1, 0.15) is 0 Å². The summed E-state index contributed by atoms with van der Waals surface area (Å²) in [5.74, 6) is -0.411. The third kappa shape index (κ3) is 7.98. The van der Waals surface area contributed by atoms with E-state index in [9.17, 15) is 4.79 Å². The fourth-order valence-electron chi connectivity index (χ4n) is 1.13. The number of rotatable bonds is 7. The Bertz CT molecular complexity index is 288. The molecule has 0 spiro atoms. The number of carbonyl (C=O) groups excluding carboxylic acids is 1. The van der Waals surface area contributed by atoms with E-state index in [2.05, 4.69) is 45.9 Å². The first-order valence-electron chi connectivity index (χ1n) is 6.18. The van der Waals surface area contributed by atoms with Gasteiger partial charge in [-0.2, -0.15) is 0 Å². The molecule has 0 aliphatic rings. The maximum Gasteiger partial charge on any atom is 0.338 e. The minimum absolute atomic E-state index is 0.274. The average Bonchev–Trinajstić information content (AvgIpc) is 2.11. The Morgan fingerprint density at radius 3 is 1.78 bits per heavy atom. The van der Waals surface area contributed by atoms with Crippen LogP contribution in [0.2, 0.25) is 39.3 Å². The van der Waals surface area contributed by atoms with Gasteiger partial charge in [0, 0.05) is 0 Å². The normalized spacial score (nSPS) is 12.8. The Hall–Kier alpha value is -0.219. The number of ether oxygens (including phenoxy) is 1. The van der Waals surface area contributed by atoms with Crippen LogP contribution in [-0.4, -0.2) is 45.4 Å². The van der Waals surface area contributed by atoms with E-state index in [-0.39, 0.29) is 5.57 Å². The van der Waals surface area contributed by atoms with Gasteiger partial charge in [0.15, 0.2) is 22.9 Å². The third-order valence-corrected chi connectivity index (χ3v) is 3.87. The largest absolute Gasteiger partial charge is 0.467 e. The maximum absolute atomic E-state index is 11.7. The number of carbonyl (C=O) groups is 1. The number of hydrogen-bond acceptors (Lipinski definition) is 4. The van der Waals surface area contributed by atoms with Gasteiger partial charge in [-0.1, -0.05) is 6.58 Å². The molecule has 0 aliphatic carbocycles. The molecule has 0 saturated heterocycles. The summed E-state index contributed by atoms with van der Waals surface area (Å²) in [6.07, 6.45) is -0.200. The molecule has 106 valence electrons. The van der Waals surface area contributed by atoms with Crippen molar-refractivity contribution in [2.24, 2.45) is 0 Å². The zero-order valence-electron chi connectivity index (χ0n) is 12.6. The van der Waals surface area contributed by atoms with E-state index in [0.717, 1.165) is 10.2 Å². The molecule has 0 amide bonds.